The van der Waals surface area contributed by atoms with Gasteiger partial charge in [-0.05, 0) is 44.2 Å². The minimum absolute atomic E-state index is 0.106. The molecule has 0 unspecified atom stereocenters. The van der Waals surface area contributed by atoms with E-state index in [1.807, 2.05) is 47.7 Å². The van der Waals surface area contributed by atoms with E-state index in [4.69, 9.17) is 0 Å². The lowest BCUT2D eigenvalue weighted by atomic mass is 9.96. The monoisotopic (exact) mass is 451 g/mol. The highest BCUT2D eigenvalue weighted by Crippen LogP contribution is 2.20. The lowest BCUT2D eigenvalue weighted by Gasteiger charge is -2.37. The van der Waals surface area contributed by atoms with Crippen molar-refractivity contribution in [1.29, 1.82) is 0 Å². The highest BCUT2D eigenvalue weighted by Gasteiger charge is 2.31. The summed E-state index contributed by atoms with van der Waals surface area (Å²) in [5, 5.41) is 4.54. The van der Waals surface area contributed by atoms with E-state index in [9.17, 15) is 4.79 Å². The van der Waals surface area contributed by atoms with E-state index >= 15 is 0 Å². The zero-order valence-corrected chi connectivity index (χ0v) is 19.8. The summed E-state index contributed by atoms with van der Waals surface area (Å²) in [6.45, 7) is 7.38. The van der Waals surface area contributed by atoms with Crippen molar-refractivity contribution in [3.63, 3.8) is 0 Å². The Bertz CT molecular complexity index is 1200. The van der Waals surface area contributed by atoms with E-state index in [1.165, 1.54) is 16.0 Å². The summed E-state index contributed by atoms with van der Waals surface area (Å²) in [6, 6.07) is 31.6. The molecular formula is C29H31N4O+. The van der Waals surface area contributed by atoms with Crippen LogP contribution < -0.4 is 4.90 Å². The molecule has 0 aliphatic carbocycles. The van der Waals surface area contributed by atoms with Gasteiger partial charge in [0.1, 0.15) is 6.04 Å². The summed E-state index contributed by atoms with van der Waals surface area (Å²) in [5.41, 5.74) is 6.43. The molecule has 2 heterocycles. The van der Waals surface area contributed by atoms with Crippen molar-refractivity contribution in [3.05, 3.63) is 119 Å². The van der Waals surface area contributed by atoms with Gasteiger partial charge in [0.2, 0.25) is 0 Å². The largest absolute Gasteiger partial charge is 0.327 e. The highest BCUT2D eigenvalue weighted by atomic mass is 16.2. The zero-order chi connectivity index (χ0) is 23.5. The molecule has 0 atom stereocenters. The van der Waals surface area contributed by atoms with Crippen molar-refractivity contribution < 1.29 is 9.69 Å². The maximum atomic E-state index is 13.2. The molecule has 4 aromatic rings. The number of piperazine rings is 1. The van der Waals surface area contributed by atoms with Crippen LogP contribution in [-0.4, -0.2) is 46.8 Å². The van der Waals surface area contributed by atoms with Crippen LogP contribution in [0, 0.1) is 13.8 Å². The standard InChI is InChI=1S/C29H30N4O/c1-22-21-23(2)33(30-22)27-15-13-26(14-16-27)29(34)32-19-17-31(18-20-32)28(24-9-5-3-6-10-24)25-11-7-4-8-12-25/h3-16,21,28H,17-20H2,1-2H3/p+1. The first-order chi connectivity index (χ1) is 16.6. The Morgan fingerprint density at radius 2 is 1.38 bits per heavy atom. The van der Waals surface area contributed by atoms with Crippen LogP contribution in [0.15, 0.2) is 91.0 Å². The molecule has 1 N–H and O–H groups in total. The van der Waals surface area contributed by atoms with Crippen molar-refractivity contribution >= 4 is 5.91 Å². The van der Waals surface area contributed by atoms with Crippen molar-refractivity contribution in [2.45, 2.75) is 19.9 Å². The number of hydrogen-bond acceptors (Lipinski definition) is 2. The number of benzene rings is 3. The molecule has 1 saturated heterocycles. The van der Waals surface area contributed by atoms with E-state index in [0.29, 0.717) is 0 Å². The molecular weight excluding hydrogens is 420 g/mol. The maximum Gasteiger partial charge on any atom is 0.254 e. The number of quaternary nitrogens is 1. The second-order valence-electron chi connectivity index (χ2n) is 9.09. The normalized spacial score (nSPS) is 14.5. The average molecular weight is 452 g/mol. The van der Waals surface area contributed by atoms with Crippen LogP contribution in [-0.2, 0) is 0 Å². The molecule has 0 saturated carbocycles. The van der Waals surface area contributed by atoms with Gasteiger partial charge in [-0.2, -0.15) is 5.10 Å². The second kappa shape index (κ2) is 9.65. The van der Waals surface area contributed by atoms with E-state index in [-0.39, 0.29) is 11.9 Å². The molecule has 1 aliphatic heterocycles. The predicted octanol–water partition coefficient (Wildman–Crippen LogP) is 3.62. The van der Waals surface area contributed by atoms with E-state index in [1.54, 1.807) is 0 Å². The minimum Gasteiger partial charge on any atom is -0.327 e. The molecule has 0 spiro atoms. The minimum atomic E-state index is 0.106. The first kappa shape index (κ1) is 22.1. The number of carbonyl (C=O) groups is 1. The maximum absolute atomic E-state index is 13.2. The second-order valence-corrected chi connectivity index (χ2v) is 9.09. The van der Waals surface area contributed by atoms with E-state index in [2.05, 4.69) is 71.8 Å². The van der Waals surface area contributed by atoms with Gasteiger partial charge < -0.3 is 9.80 Å². The van der Waals surface area contributed by atoms with E-state index in [0.717, 1.165) is 48.8 Å². The first-order valence-corrected chi connectivity index (χ1v) is 12.0. The van der Waals surface area contributed by atoms with Gasteiger partial charge in [0.05, 0.1) is 37.6 Å². The summed E-state index contributed by atoms with van der Waals surface area (Å²) in [6.07, 6.45) is 0. The number of hydrogen-bond donors (Lipinski definition) is 1. The van der Waals surface area contributed by atoms with Crippen LogP contribution >= 0.6 is 0 Å². The molecule has 5 heteroatoms. The van der Waals surface area contributed by atoms with Crippen molar-refractivity contribution in [1.82, 2.24) is 14.7 Å². The van der Waals surface area contributed by atoms with Gasteiger partial charge in [0, 0.05) is 22.4 Å². The number of carbonyl (C=O) groups excluding carboxylic acids is 1. The molecule has 172 valence electrons. The summed E-state index contributed by atoms with van der Waals surface area (Å²) in [4.78, 5) is 16.7. The number of aryl methyl sites for hydroxylation is 2. The topological polar surface area (TPSA) is 42.6 Å². The molecule has 0 bridgehead atoms. The molecule has 0 radical (unpaired) electrons. The SMILES string of the molecule is Cc1cc(C)n(-c2ccc(C(=O)N3CC[NH+](C(c4ccccc4)c4ccccc4)CC3)cc2)n1. The first-order valence-electron chi connectivity index (χ1n) is 12.0. The zero-order valence-electron chi connectivity index (χ0n) is 19.8. The number of nitrogens with one attached hydrogen (secondary N) is 1. The van der Waals surface area contributed by atoms with Crippen LogP contribution in [0.25, 0.3) is 5.69 Å². The van der Waals surface area contributed by atoms with Gasteiger partial charge in [-0.25, -0.2) is 4.68 Å². The molecule has 1 fully saturated rings. The van der Waals surface area contributed by atoms with Gasteiger partial charge in [0.25, 0.3) is 5.91 Å². The molecule has 1 aromatic heterocycles. The van der Waals surface area contributed by atoms with Crippen LogP contribution in [0.3, 0.4) is 0 Å². The van der Waals surface area contributed by atoms with Crippen molar-refractivity contribution in [3.8, 4) is 5.69 Å². The third-order valence-corrected chi connectivity index (χ3v) is 6.74. The Balaban J connectivity index is 1.29. The summed E-state index contributed by atoms with van der Waals surface area (Å²) < 4.78 is 1.92. The van der Waals surface area contributed by atoms with Crippen LogP contribution in [0.2, 0.25) is 0 Å². The number of aromatic nitrogens is 2. The average Bonchev–Trinajstić information content (AvgIpc) is 3.23. The van der Waals surface area contributed by atoms with Gasteiger partial charge in [0.15, 0.2) is 0 Å². The number of nitrogens with zero attached hydrogens (tertiary/aromatic N) is 3. The van der Waals surface area contributed by atoms with Crippen LogP contribution in [0.1, 0.15) is 38.9 Å². The Labute approximate surface area is 201 Å². The van der Waals surface area contributed by atoms with Crippen LogP contribution in [0.4, 0.5) is 0 Å². The fourth-order valence-corrected chi connectivity index (χ4v) is 5.06. The summed E-state index contributed by atoms with van der Waals surface area (Å²) >= 11 is 0. The van der Waals surface area contributed by atoms with Crippen molar-refractivity contribution in [2.75, 3.05) is 26.2 Å². The lowest BCUT2D eigenvalue weighted by Crippen LogP contribution is -3.15. The summed E-state index contributed by atoms with van der Waals surface area (Å²) in [7, 11) is 0. The third-order valence-electron chi connectivity index (χ3n) is 6.74. The quantitative estimate of drug-likeness (QED) is 0.504. The molecule has 1 aliphatic rings. The molecule has 5 rings (SSSR count). The molecule has 34 heavy (non-hydrogen) atoms. The molecule has 1 amide bonds. The fourth-order valence-electron chi connectivity index (χ4n) is 5.06. The smallest absolute Gasteiger partial charge is 0.254 e. The molecule has 3 aromatic carbocycles. The third kappa shape index (κ3) is 4.52. The fraction of sp³-hybridized carbons (Fsp3) is 0.241. The van der Waals surface area contributed by atoms with Gasteiger partial charge in [-0.3, -0.25) is 4.79 Å². The van der Waals surface area contributed by atoms with Crippen molar-refractivity contribution in [2.24, 2.45) is 0 Å². The summed E-state index contributed by atoms with van der Waals surface area (Å²) in [5.74, 6) is 0.106. The Kier molecular flexibility index (Phi) is 6.28. The van der Waals surface area contributed by atoms with Gasteiger partial charge in [-0.15, -0.1) is 0 Å². The predicted molar refractivity (Wildman–Crippen MR) is 134 cm³/mol. The Morgan fingerprint density at radius 3 is 1.88 bits per heavy atom. The highest BCUT2D eigenvalue weighted by molar-refractivity contribution is 5.94. The van der Waals surface area contributed by atoms with Gasteiger partial charge >= 0.3 is 0 Å². The van der Waals surface area contributed by atoms with E-state index < -0.39 is 0 Å². The molecule has 5 nitrogen and oxygen atoms in total. The van der Waals surface area contributed by atoms with Crippen LogP contribution in [0.5, 0.6) is 0 Å². The number of rotatable bonds is 5. The van der Waals surface area contributed by atoms with Gasteiger partial charge in [-0.1, -0.05) is 60.7 Å². The Morgan fingerprint density at radius 1 is 0.824 bits per heavy atom. The Hall–Kier alpha value is -3.70. The number of amides is 1. The lowest BCUT2D eigenvalue weighted by molar-refractivity contribution is -0.929.